The Balaban J connectivity index is 2.50. The molecule has 0 saturated heterocycles. The standard InChI is InChI=1S/C14H16N2O3/c1-4-9-7-10(5-6-12(9)19-3)13-15-8-11(14(17)18)16(13)2/h5-8H,4H2,1-3H3,(H,17,18). The van der Waals surface area contributed by atoms with Gasteiger partial charge in [0.25, 0.3) is 0 Å². The van der Waals surface area contributed by atoms with Crippen LogP contribution < -0.4 is 4.74 Å². The smallest absolute Gasteiger partial charge is 0.354 e. The van der Waals surface area contributed by atoms with Crippen molar-refractivity contribution in [2.45, 2.75) is 13.3 Å². The number of aryl methyl sites for hydroxylation is 1. The molecule has 0 bridgehead atoms. The molecule has 0 radical (unpaired) electrons. The Morgan fingerprint density at radius 3 is 2.74 bits per heavy atom. The molecule has 0 spiro atoms. The van der Waals surface area contributed by atoms with Crippen molar-refractivity contribution in [3.8, 4) is 17.1 Å². The molecular formula is C14H16N2O3. The predicted molar refractivity (Wildman–Crippen MR) is 71.5 cm³/mol. The summed E-state index contributed by atoms with van der Waals surface area (Å²) in [7, 11) is 3.33. The molecule has 19 heavy (non-hydrogen) atoms. The van der Waals surface area contributed by atoms with Crippen molar-refractivity contribution < 1.29 is 14.6 Å². The van der Waals surface area contributed by atoms with E-state index in [1.165, 1.54) is 6.20 Å². The third-order valence-electron chi connectivity index (χ3n) is 3.13. The monoisotopic (exact) mass is 260 g/mol. The third kappa shape index (κ3) is 2.31. The lowest BCUT2D eigenvalue weighted by molar-refractivity contribution is 0.0686. The van der Waals surface area contributed by atoms with Gasteiger partial charge < -0.3 is 14.4 Å². The molecule has 0 saturated carbocycles. The molecule has 0 atom stereocenters. The number of ether oxygens (including phenoxy) is 1. The second kappa shape index (κ2) is 5.14. The molecule has 0 fully saturated rings. The molecule has 100 valence electrons. The highest BCUT2D eigenvalue weighted by molar-refractivity contribution is 5.86. The molecule has 1 aromatic carbocycles. The topological polar surface area (TPSA) is 64.3 Å². The van der Waals surface area contributed by atoms with Gasteiger partial charge in [0, 0.05) is 12.6 Å². The van der Waals surface area contributed by atoms with Crippen molar-refractivity contribution in [2.75, 3.05) is 7.11 Å². The summed E-state index contributed by atoms with van der Waals surface area (Å²) in [6.07, 6.45) is 2.21. The van der Waals surface area contributed by atoms with E-state index >= 15 is 0 Å². The number of benzene rings is 1. The van der Waals surface area contributed by atoms with Crippen LogP contribution in [0, 0.1) is 0 Å². The number of carboxylic acids is 1. The highest BCUT2D eigenvalue weighted by Crippen LogP contribution is 2.26. The van der Waals surface area contributed by atoms with Gasteiger partial charge in [0.15, 0.2) is 0 Å². The Bertz CT molecular complexity index is 617. The van der Waals surface area contributed by atoms with Crippen molar-refractivity contribution >= 4 is 5.97 Å². The molecule has 1 aromatic heterocycles. The lowest BCUT2D eigenvalue weighted by atomic mass is 10.1. The first kappa shape index (κ1) is 13.1. The summed E-state index contributed by atoms with van der Waals surface area (Å²) in [5.74, 6) is 0.485. The molecule has 0 aliphatic rings. The van der Waals surface area contributed by atoms with Crippen LogP contribution in [0.1, 0.15) is 23.0 Å². The molecule has 5 heteroatoms. The molecular weight excluding hydrogens is 244 g/mol. The van der Waals surface area contributed by atoms with E-state index in [0.717, 1.165) is 23.3 Å². The number of imidazole rings is 1. The summed E-state index contributed by atoms with van der Waals surface area (Å²) < 4.78 is 6.85. The first-order valence-electron chi connectivity index (χ1n) is 6.00. The van der Waals surface area contributed by atoms with Crippen LogP contribution in [-0.2, 0) is 13.5 Å². The Morgan fingerprint density at radius 2 is 2.21 bits per heavy atom. The third-order valence-corrected chi connectivity index (χ3v) is 3.13. The zero-order valence-electron chi connectivity index (χ0n) is 11.2. The van der Waals surface area contributed by atoms with Crippen LogP contribution >= 0.6 is 0 Å². The van der Waals surface area contributed by atoms with Gasteiger partial charge in [0.2, 0.25) is 0 Å². The van der Waals surface area contributed by atoms with E-state index < -0.39 is 5.97 Å². The summed E-state index contributed by atoms with van der Waals surface area (Å²) in [6.45, 7) is 2.04. The summed E-state index contributed by atoms with van der Waals surface area (Å²) in [6, 6.07) is 5.74. The number of nitrogens with zero attached hydrogens (tertiary/aromatic N) is 2. The number of hydrogen-bond donors (Lipinski definition) is 1. The average Bonchev–Trinajstić information content (AvgIpc) is 2.80. The van der Waals surface area contributed by atoms with E-state index in [2.05, 4.69) is 4.98 Å². The van der Waals surface area contributed by atoms with E-state index in [1.807, 2.05) is 25.1 Å². The van der Waals surface area contributed by atoms with E-state index in [0.29, 0.717) is 5.82 Å². The molecule has 1 N–H and O–H groups in total. The predicted octanol–water partition coefficient (Wildman–Crippen LogP) is 2.36. The van der Waals surface area contributed by atoms with E-state index in [9.17, 15) is 4.79 Å². The van der Waals surface area contributed by atoms with E-state index in [4.69, 9.17) is 9.84 Å². The molecule has 0 amide bonds. The maximum absolute atomic E-state index is 11.0. The number of rotatable bonds is 4. The minimum absolute atomic E-state index is 0.170. The van der Waals surface area contributed by atoms with Crippen molar-refractivity contribution in [2.24, 2.45) is 7.05 Å². The highest BCUT2D eigenvalue weighted by atomic mass is 16.5. The maximum Gasteiger partial charge on any atom is 0.354 e. The number of carboxylic acid groups (broad SMARTS) is 1. The van der Waals surface area contributed by atoms with Crippen molar-refractivity contribution in [1.82, 2.24) is 9.55 Å². The number of aromatic nitrogens is 2. The number of methoxy groups -OCH3 is 1. The highest BCUT2D eigenvalue weighted by Gasteiger charge is 2.14. The minimum Gasteiger partial charge on any atom is -0.496 e. The molecule has 1 heterocycles. The summed E-state index contributed by atoms with van der Waals surface area (Å²) in [5.41, 5.74) is 2.12. The molecule has 2 aromatic rings. The number of hydrogen-bond acceptors (Lipinski definition) is 3. The van der Waals surface area contributed by atoms with Crippen molar-refractivity contribution in [3.63, 3.8) is 0 Å². The fourth-order valence-electron chi connectivity index (χ4n) is 2.07. The maximum atomic E-state index is 11.0. The zero-order valence-corrected chi connectivity index (χ0v) is 11.2. The first-order valence-corrected chi connectivity index (χ1v) is 6.00. The fraction of sp³-hybridized carbons (Fsp3) is 0.286. The van der Waals surface area contributed by atoms with Crippen LogP contribution in [0.5, 0.6) is 5.75 Å². The first-order chi connectivity index (χ1) is 9.08. The number of carbonyl (C=O) groups is 1. The molecule has 0 aliphatic carbocycles. The van der Waals surface area contributed by atoms with Gasteiger partial charge in [-0.15, -0.1) is 0 Å². The van der Waals surface area contributed by atoms with E-state index in [1.54, 1.807) is 18.7 Å². The normalized spacial score (nSPS) is 10.5. The zero-order chi connectivity index (χ0) is 14.0. The quantitative estimate of drug-likeness (QED) is 0.916. The Hall–Kier alpha value is -2.30. The molecule has 2 rings (SSSR count). The van der Waals surface area contributed by atoms with Gasteiger partial charge in [-0.1, -0.05) is 6.92 Å². The van der Waals surface area contributed by atoms with Gasteiger partial charge in [0.05, 0.1) is 13.3 Å². The van der Waals surface area contributed by atoms with Crippen LogP contribution in [-0.4, -0.2) is 27.7 Å². The largest absolute Gasteiger partial charge is 0.496 e. The number of aromatic carboxylic acids is 1. The Labute approximate surface area is 111 Å². The van der Waals surface area contributed by atoms with Crippen molar-refractivity contribution in [3.05, 3.63) is 35.7 Å². The van der Waals surface area contributed by atoms with Gasteiger partial charge in [-0.2, -0.15) is 0 Å². The summed E-state index contributed by atoms with van der Waals surface area (Å²) in [4.78, 5) is 15.2. The molecule has 0 unspecified atom stereocenters. The Morgan fingerprint density at radius 1 is 1.47 bits per heavy atom. The lowest BCUT2D eigenvalue weighted by Crippen LogP contribution is -2.05. The summed E-state index contributed by atoms with van der Waals surface area (Å²) >= 11 is 0. The van der Waals surface area contributed by atoms with Gasteiger partial charge in [-0.25, -0.2) is 9.78 Å². The van der Waals surface area contributed by atoms with Gasteiger partial charge >= 0.3 is 5.97 Å². The molecule has 5 nitrogen and oxygen atoms in total. The lowest BCUT2D eigenvalue weighted by Gasteiger charge is -2.09. The van der Waals surface area contributed by atoms with Crippen LogP contribution in [0.15, 0.2) is 24.4 Å². The SMILES string of the molecule is CCc1cc(-c2ncc(C(=O)O)n2C)ccc1OC. The van der Waals surface area contributed by atoms with Gasteiger partial charge in [0.1, 0.15) is 17.3 Å². The van der Waals surface area contributed by atoms with Gasteiger partial charge in [-0.3, -0.25) is 0 Å². The van der Waals surface area contributed by atoms with Crippen LogP contribution in [0.3, 0.4) is 0 Å². The molecule has 0 aliphatic heterocycles. The average molecular weight is 260 g/mol. The minimum atomic E-state index is -0.981. The second-order valence-electron chi connectivity index (χ2n) is 4.21. The Kier molecular flexibility index (Phi) is 3.55. The van der Waals surface area contributed by atoms with Crippen LogP contribution in [0.25, 0.3) is 11.4 Å². The van der Waals surface area contributed by atoms with E-state index in [-0.39, 0.29) is 5.69 Å². The second-order valence-corrected chi connectivity index (χ2v) is 4.21. The summed E-state index contributed by atoms with van der Waals surface area (Å²) in [5, 5.41) is 9.03. The van der Waals surface area contributed by atoms with Crippen LogP contribution in [0.4, 0.5) is 0 Å². The fourth-order valence-corrected chi connectivity index (χ4v) is 2.07. The van der Waals surface area contributed by atoms with Crippen molar-refractivity contribution in [1.29, 1.82) is 0 Å². The van der Waals surface area contributed by atoms with Gasteiger partial charge in [-0.05, 0) is 30.2 Å². The van der Waals surface area contributed by atoms with Crippen LogP contribution in [0.2, 0.25) is 0 Å².